The molecule has 0 amide bonds. The van der Waals surface area contributed by atoms with E-state index in [2.05, 4.69) is 22.9 Å². The summed E-state index contributed by atoms with van der Waals surface area (Å²) in [4.78, 5) is 0. The number of hydrogen-bond acceptors (Lipinski definition) is 2. The molecule has 102 valence electrons. The molecule has 2 atom stereocenters. The largest absolute Gasteiger partial charge is 0.377 e. The van der Waals surface area contributed by atoms with Crippen molar-refractivity contribution in [1.29, 1.82) is 0 Å². The molecule has 2 N–H and O–H groups in total. The zero-order chi connectivity index (χ0) is 13.5. The molecular weight excluding hydrogens is 297 g/mol. The van der Waals surface area contributed by atoms with Crippen molar-refractivity contribution in [1.82, 2.24) is 0 Å². The lowest BCUT2D eigenvalue weighted by Gasteiger charge is -2.24. The van der Waals surface area contributed by atoms with Crippen LogP contribution in [-0.4, -0.2) is 18.8 Å². The molecule has 2 nitrogen and oxygen atoms in total. The lowest BCUT2D eigenvalue weighted by atomic mass is 9.99. The minimum Gasteiger partial charge on any atom is -0.377 e. The third-order valence-electron chi connectivity index (χ3n) is 2.90. The van der Waals surface area contributed by atoms with Crippen LogP contribution in [0.4, 0.5) is 4.39 Å². The van der Waals surface area contributed by atoms with Crippen molar-refractivity contribution in [2.45, 2.75) is 45.3 Å². The van der Waals surface area contributed by atoms with Crippen LogP contribution in [-0.2, 0) is 11.2 Å². The van der Waals surface area contributed by atoms with E-state index in [0.717, 1.165) is 22.9 Å². The SMILES string of the molecule is CCCC(OCC)C(N)Cc1ccc(F)cc1Br. The summed E-state index contributed by atoms with van der Waals surface area (Å²) in [6, 6.07) is 4.64. The Kier molecular flexibility index (Phi) is 6.82. The Morgan fingerprint density at radius 2 is 2.11 bits per heavy atom. The zero-order valence-electron chi connectivity index (χ0n) is 11.0. The van der Waals surface area contributed by atoms with Gasteiger partial charge in [0.05, 0.1) is 6.10 Å². The summed E-state index contributed by atoms with van der Waals surface area (Å²) < 4.78 is 19.4. The minimum absolute atomic E-state index is 0.0633. The second-order valence-electron chi connectivity index (χ2n) is 4.39. The van der Waals surface area contributed by atoms with Crippen LogP contribution in [0.3, 0.4) is 0 Å². The molecule has 0 fully saturated rings. The highest BCUT2D eigenvalue weighted by atomic mass is 79.9. The predicted molar refractivity (Wildman–Crippen MR) is 76.1 cm³/mol. The van der Waals surface area contributed by atoms with Gasteiger partial charge in [-0.1, -0.05) is 35.3 Å². The quantitative estimate of drug-likeness (QED) is 0.833. The number of halogens is 2. The van der Waals surface area contributed by atoms with E-state index in [1.165, 1.54) is 12.1 Å². The Hall–Kier alpha value is -0.450. The molecule has 2 unspecified atom stereocenters. The van der Waals surface area contributed by atoms with Crippen molar-refractivity contribution in [3.8, 4) is 0 Å². The van der Waals surface area contributed by atoms with Gasteiger partial charge in [-0.05, 0) is 37.5 Å². The maximum atomic E-state index is 13.0. The summed E-state index contributed by atoms with van der Waals surface area (Å²) in [6.45, 7) is 4.76. The molecule has 1 aromatic carbocycles. The molecule has 1 aromatic rings. The van der Waals surface area contributed by atoms with Gasteiger partial charge in [-0.2, -0.15) is 0 Å². The molecule has 1 rings (SSSR count). The highest BCUT2D eigenvalue weighted by Crippen LogP contribution is 2.21. The van der Waals surface area contributed by atoms with E-state index in [1.54, 1.807) is 6.07 Å². The Balaban J connectivity index is 2.69. The Bertz CT molecular complexity index is 367. The summed E-state index contributed by atoms with van der Waals surface area (Å²) >= 11 is 3.37. The zero-order valence-corrected chi connectivity index (χ0v) is 12.5. The Morgan fingerprint density at radius 3 is 2.67 bits per heavy atom. The molecule has 0 bridgehead atoms. The monoisotopic (exact) mass is 317 g/mol. The van der Waals surface area contributed by atoms with E-state index in [1.807, 2.05) is 6.92 Å². The topological polar surface area (TPSA) is 35.2 Å². The van der Waals surface area contributed by atoms with Crippen molar-refractivity contribution in [3.63, 3.8) is 0 Å². The van der Waals surface area contributed by atoms with Gasteiger partial charge in [-0.3, -0.25) is 0 Å². The first-order chi connectivity index (χ1) is 8.58. The fourth-order valence-electron chi connectivity index (χ4n) is 1.99. The van der Waals surface area contributed by atoms with E-state index in [4.69, 9.17) is 10.5 Å². The molecule has 4 heteroatoms. The van der Waals surface area contributed by atoms with E-state index >= 15 is 0 Å². The van der Waals surface area contributed by atoms with Gasteiger partial charge in [-0.15, -0.1) is 0 Å². The number of ether oxygens (including phenoxy) is 1. The number of hydrogen-bond donors (Lipinski definition) is 1. The first-order valence-electron chi connectivity index (χ1n) is 6.39. The van der Waals surface area contributed by atoms with E-state index < -0.39 is 0 Å². The lowest BCUT2D eigenvalue weighted by Crippen LogP contribution is -2.38. The first kappa shape index (κ1) is 15.6. The van der Waals surface area contributed by atoms with E-state index in [0.29, 0.717) is 13.0 Å². The molecule has 0 heterocycles. The fourth-order valence-corrected chi connectivity index (χ4v) is 2.50. The highest BCUT2D eigenvalue weighted by Gasteiger charge is 2.18. The van der Waals surface area contributed by atoms with Crippen LogP contribution in [0.15, 0.2) is 22.7 Å². The van der Waals surface area contributed by atoms with Gasteiger partial charge in [0.25, 0.3) is 0 Å². The summed E-state index contributed by atoms with van der Waals surface area (Å²) in [5.41, 5.74) is 7.21. The highest BCUT2D eigenvalue weighted by molar-refractivity contribution is 9.10. The average Bonchev–Trinajstić information content (AvgIpc) is 2.32. The average molecular weight is 318 g/mol. The van der Waals surface area contributed by atoms with Crippen LogP contribution in [0, 0.1) is 5.82 Å². The molecule has 0 aliphatic rings. The molecule has 0 spiro atoms. The van der Waals surface area contributed by atoms with Crippen LogP contribution in [0.2, 0.25) is 0 Å². The second kappa shape index (κ2) is 7.87. The van der Waals surface area contributed by atoms with E-state index in [9.17, 15) is 4.39 Å². The van der Waals surface area contributed by atoms with Gasteiger partial charge in [-0.25, -0.2) is 4.39 Å². The Labute approximate surface area is 117 Å². The van der Waals surface area contributed by atoms with Crippen LogP contribution < -0.4 is 5.73 Å². The van der Waals surface area contributed by atoms with Crippen LogP contribution in [0.1, 0.15) is 32.3 Å². The third-order valence-corrected chi connectivity index (χ3v) is 3.64. The van der Waals surface area contributed by atoms with Gasteiger partial charge in [0.2, 0.25) is 0 Å². The summed E-state index contributed by atoms with van der Waals surface area (Å²) in [5, 5.41) is 0. The second-order valence-corrected chi connectivity index (χ2v) is 5.24. The van der Waals surface area contributed by atoms with Crippen LogP contribution in [0.25, 0.3) is 0 Å². The van der Waals surface area contributed by atoms with Crippen LogP contribution >= 0.6 is 15.9 Å². The molecular formula is C14H21BrFNO. The third kappa shape index (κ3) is 4.67. The van der Waals surface area contributed by atoms with Gasteiger partial charge in [0.1, 0.15) is 5.82 Å². The summed E-state index contributed by atoms with van der Waals surface area (Å²) in [6.07, 6.45) is 2.75. The molecule has 0 aromatic heterocycles. The van der Waals surface area contributed by atoms with Gasteiger partial charge < -0.3 is 10.5 Å². The summed E-state index contributed by atoms with van der Waals surface area (Å²) in [7, 11) is 0. The smallest absolute Gasteiger partial charge is 0.124 e. The molecule has 0 saturated heterocycles. The number of benzene rings is 1. The van der Waals surface area contributed by atoms with Crippen molar-refractivity contribution in [3.05, 3.63) is 34.1 Å². The lowest BCUT2D eigenvalue weighted by molar-refractivity contribution is 0.0378. The van der Waals surface area contributed by atoms with Crippen molar-refractivity contribution in [2.24, 2.45) is 5.73 Å². The van der Waals surface area contributed by atoms with Gasteiger partial charge in [0, 0.05) is 17.1 Å². The molecule has 0 saturated carbocycles. The van der Waals surface area contributed by atoms with E-state index in [-0.39, 0.29) is 18.0 Å². The standard InChI is InChI=1S/C14H21BrFNO/c1-3-5-14(18-4-2)13(17)8-10-6-7-11(16)9-12(10)15/h6-7,9,13-14H,3-5,8,17H2,1-2H3. The maximum absolute atomic E-state index is 13.0. The predicted octanol–water partition coefficient (Wildman–Crippen LogP) is 3.66. The molecule has 18 heavy (non-hydrogen) atoms. The summed E-state index contributed by atoms with van der Waals surface area (Å²) in [5.74, 6) is -0.242. The number of rotatable bonds is 7. The maximum Gasteiger partial charge on any atom is 0.124 e. The number of nitrogens with two attached hydrogens (primary N) is 1. The normalized spacial score (nSPS) is 14.5. The molecule has 0 radical (unpaired) electrons. The van der Waals surface area contributed by atoms with Crippen LogP contribution in [0.5, 0.6) is 0 Å². The fraction of sp³-hybridized carbons (Fsp3) is 0.571. The van der Waals surface area contributed by atoms with Gasteiger partial charge >= 0.3 is 0 Å². The first-order valence-corrected chi connectivity index (χ1v) is 7.18. The van der Waals surface area contributed by atoms with Crippen molar-refractivity contribution >= 4 is 15.9 Å². The van der Waals surface area contributed by atoms with Crippen molar-refractivity contribution in [2.75, 3.05) is 6.61 Å². The van der Waals surface area contributed by atoms with Crippen molar-refractivity contribution < 1.29 is 9.13 Å². The molecule has 0 aliphatic carbocycles. The van der Waals surface area contributed by atoms with Gasteiger partial charge in [0.15, 0.2) is 0 Å². The molecule has 0 aliphatic heterocycles. The Morgan fingerprint density at radius 1 is 1.39 bits per heavy atom. The minimum atomic E-state index is -0.242.